The first-order chi connectivity index (χ1) is 2.41. The van der Waals surface area contributed by atoms with Crippen LogP contribution >= 0.6 is 0 Å². The van der Waals surface area contributed by atoms with E-state index in [1.54, 1.807) is 6.08 Å². The van der Waals surface area contributed by atoms with Crippen molar-refractivity contribution < 1.29 is 27.3 Å². The molecule has 0 radical (unpaired) electrons. The molecule has 6 heavy (non-hydrogen) atoms. The van der Waals surface area contributed by atoms with E-state index in [9.17, 15) is 0 Å². The Hall–Kier alpha value is 0.662. The fourth-order valence-corrected chi connectivity index (χ4v) is 0.118. The van der Waals surface area contributed by atoms with Crippen LogP contribution in [-0.4, -0.2) is 0 Å². The Labute approximate surface area is 59.8 Å². The molecular weight excluding hydrogens is 172 g/mol. The molecule has 0 saturated heterocycles. The number of unbranched alkanes of at least 4 members (excludes halogenated alkanes) is 1. The average Bonchev–Trinajstić information content (AvgIpc) is 1.41. The van der Waals surface area contributed by atoms with Crippen molar-refractivity contribution in [2.45, 2.75) is 12.8 Å². The SMILES string of the molecule is [CH-]=CCC[CH2-].[Cd+2]. The standard InChI is InChI=1S/C5H8.Cd/c1-3-5-4-2;/h1,3H,2,4-5H2;/q-2;+2. The number of hydrogen-bond donors (Lipinski definition) is 0. The van der Waals surface area contributed by atoms with E-state index < -0.39 is 0 Å². The van der Waals surface area contributed by atoms with E-state index in [1.165, 1.54) is 0 Å². The van der Waals surface area contributed by atoms with E-state index in [1.807, 2.05) is 0 Å². The Balaban J connectivity index is 0. The van der Waals surface area contributed by atoms with Gasteiger partial charge < -0.3 is 13.5 Å². The van der Waals surface area contributed by atoms with E-state index in [2.05, 4.69) is 6.92 Å². The summed E-state index contributed by atoms with van der Waals surface area (Å²) in [5.74, 6) is 0. The van der Waals surface area contributed by atoms with Crippen LogP contribution in [0.25, 0.3) is 0 Å². The molecule has 0 heterocycles. The average molecular weight is 181 g/mol. The monoisotopic (exact) mass is 182 g/mol. The van der Waals surface area contributed by atoms with Gasteiger partial charge >= 0.3 is 27.3 Å². The van der Waals surface area contributed by atoms with Gasteiger partial charge in [-0.25, -0.2) is 0 Å². The van der Waals surface area contributed by atoms with Crippen LogP contribution in [0.5, 0.6) is 0 Å². The molecule has 1 heteroatoms. The van der Waals surface area contributed by atoms with Gasteiger partial charge in [-0.05, 0) is 0 Å². The van der Waals surface area contributed by atoms with Crippen LogP contribution in [0.1, 0.15) is 12.8 Å². The summed E-state index contributed by atoms with van der Waals surface area (Å²) in [5.41, 5.74) is 0. The normalized spacial score (nSPS) is 6.17. The van der Waals surface area contributed by atoms with Crippen molar-refractivity contribution in [3.05, 3.63) is 19.6 Å². The second-order valence-electron chi connectivity index (χ2n) is 0.878. The van der Waals surface area contributed by atoms with E-state index in [-0.39, 0.29) is 27.3 Å². The van der Waals surface area contributed by atoms with E-state index >= 15 is 0 Å². The van der Waals surface area contributed by atoms with Crippen molar-refractivity contribution in [3.8, 4) is 0 Å². The largest absolute Gasteiger partial charge is 2.00 e. The third-order valence-electron chi connectivity index (χ3n) is 0.371. The maximum absolute atomic E-state index is 4.97. The number of hydrogen-bond acceptors (Lipinski definition) is 0. The van der Waals surface area contributed by atoms with Gasteiger partial charge in [0, 0.05) is 0 Å². The van der Waals surface area contributed by atoms with Crippen molar-refractivity contribution in [1.29, 1.82) is 0 Å². The van der Waals surface area contributed by atoms with Crippen LogP contribution in [0.15, 0.2) is 6.08 Å². The molecule has 0 unspecified atom stereocenters. The Morgan fingerprint density at radius 3 is 2.17 bits per heavy atom. The Morgan fingerprint density at radius 2 is 2.17 bits per heavy atom. The number of rotatable bonds is 2. The minimum absolute atomic E-state index is 0. The van der Waals surface area contributed by atoms with Crippen molar-refractivity contribution >= 4 is 0 Å². The molecule has 0 aromatic heterocycles. The van der Waals surface area contributed by atoms with Crippen LogP contribution in [0.3, 0.4) is 0 Å². The van der Waals surface area contributed by atoms with Crippen LogP contribution in [0, 0.1) is 13.5 Å². The molecule has 0 bridgehead atoms. The molecule has 0 fully saturated rings. The molecule has 0 rings (SSSR count). The summed E-state index contributed by atoms with van der Waals surface area (Å²) >= 11 is 0. The Bertz CT molecular complexity index is 25.1. The second-order valence-corrected chi connectivity index (χ2v) is 0.878. The molecule has 0 amide bonds. The molecule has 30 valence electrons. The predicted octanol–water partition coefficient (Wildman–Crippen LogP) is 1.59. The van der Waals surface area contributed by atoms with E-state index in [0.29, 0.717) is 0 Å². The molecule has 0 saturated carbocycles. The maximum Gasteiger partial charge on any atom is 2.00 e. The summed E-state index contributed by atoms with van der Waals surface area (Å²) in [6.45, 7) is 8.54. The molecule has 0 nitrogen and oxygen atoms in total. The molecular formula is C5H8Cd. The van der Waals surface area contributed by atoms with E-state index in [0.717, 1.165) is 12.8 Å². The van der Waals surface area contributed by atoms with Gasteiger partial charge in [-0.2, -0.15) is 6.42 Å². The minimum Gasteiger partial charge on any atom is -0.518 e. The van der Waals surface area contributed by atoms with Gasteiger partial charge in [-0.3, -0.25) is 6.08 Å². The van der Waals surface area contributed by atoms with Gasteiger partial charge in [0.15, 0.2) is 0 Å². The van der Waals surface area contributed by atoms with Gasteiger partial charge in [0.2, 0.25) is 0 Å². The minimum atomic E-state index is 0. The molecule has 0 aromatic rings. The third-order valence-corrected chi connectivity index (χ3v) is 0.371. The van der Waals surface area contributed by atoms with Crippen LogP contribution < -0.4 is 0 Å². The second kappa shape index (κ2) is 9.18. The van der Waals surface area contributed by atoms with Gasteiger partial charge in [0.25, 0.3) is 0 Å². The van der Waals surface area contributed by atoms with Crippen molar-refractivity contribution in [2.75, 3.05) is 0 Å². The molecule has 0 N–H and O–H groups in total. The van der Waals surface area contributed by atoms with Crippen molar-refractivity contribution in [3.63, 3.8) is 0 Å². The molecule has 0 aliphatic rings. The first kappa shape index (κ1) is 9.83. The quantitative estimate of drug-likeness (QED) is 0.447. The van der Waals surface area contributed by atoms with Crippen molar-refractivity contribution in [2.24, 2.45) is 0 Å². The fraction of sp³-hybridized carbons (Fsp3) is 0.400. The molecule has 0 spiro atoms. The zero-order chi connectivity index (χ0) is 4.12. The molecule has 0 aromatic carbocycles. The maximum atomic E-state index is 4.97. The van der Waals surface area contributed by atoms with Gasteiger partial charge in [0.05, 0.1) is 0 Å². The summed E-state index contributed by atoms with van der Waals surface area (Å²) < 4.78 is 0. The predicted molar refractivity (Wildman–Crippen MR) is 23.5 cm³/mol. The summed E-state index contributed by atoms with van der Waals surface area (Å²) in [6.07, 6.45) is 3.46. The van der Waals surface area contributed by atoms with Gasteiger partial charge in [-0.1, -0.05) is 6.42 Å². The van der Waals surface area contributed by atoms with Crippen LogP contribution in [0.2, 0.25) is 0 Å². The molecule has 0 atom stereocenters. The van der Waals surface area contributed by atoms with Crippen molar-refractivity contribution in [1.82, 2.24) is 0 Å². The first-order valence-corrected chi connectivity index (χ1v) is 1.74. The van der Waals surface area contributed by atoms with Crippen LogP contribution in [-0.2, 0) is 27.3 Å². The smallest absolute Gasteiger partial charge is 0.518 e. The summed E-state index contributed by atoms with van der Waals surface area (Å²) in [5, 5.41) is 0. The van der Waals surface area contributed by atoms with Gasteiger partial charge in [-0.15, -0.1) is 0 Å². The first-order valence-electron chi connectivity index (χ1n) is 1.74. The summed E-state index contributed by atoms with van der Waals surface area (Å²) in [7, 11) is 0. The summed E-state index contributed by atoms with van der Waals surface area (Å²) in [6, 6.07) is 0. The van der Waals surface area contributed by atoms with Crippen LogP contribution in [0.4, 0.5) is 0 Å². The zero-order valence-corrected chi connectivity index (χ0v) is 8.02. The topological polar surface area (TPSA) is 0 Å². The number of allylic oxidation sites excluding steroid dienone is 1. The fourth-order valence-electron chi connectivity index (χ4n) is 0.118. The zero-order valence-electron chi connectivity index (χ0n) is 3.98. The molecule has 0 aliphatic heterocycles. The summed E-state index contributed by atoms with van der Waals surface area (Å²) in [4.78, 5) is 0. The molecule has 0 aliphatic carbocycles. The van der Waals surface area contributed by atoms with E-state index in [4.69, 9.17) is 6.58 Å². The Kier molecular flexibility index (Phi) is 15.0. The van der Waals surface area contributed by atoms with Gasteiger partial charge in [0.1, 0.15) is 0 Å². The third kappa shape index (κ3) is 8.82. The Morgan fingerprint density at radius 1 is 1.67 bits per heavy atom.